The number of carbonyl (C=O) groups excluding carboxylic acids is 1. The number of hydrogen-bond donors (Lipinski definition) is 2. The second kappa shape index (κ2) is 7.20. The third-order valence-corrected chi connectivity index (χ3v) is 3.84. The van der Waals surface area contributed by atoms with Gasteiger partial charge in [0, 0.05) is 44.0 Å². The van der Waals surface area contributed by atoms with Gasteiger partial charge in [0.2, 0.25) is 0 Å². The predicted octanol–water partition coefficient (Wildman–Crippen LogP) is 2.34. The molecule has 0 atom stereocenters. The number of benzene rings is 2. The van der Waals surface area contributed by atoms with E-state index in [1.54, 1.807) is 0 Å². The number of carbonyl (C=O) groups is 1. The molecule has 2 aromatic carbocycles. The van der Waals surface area contributed by atoms with Crippen molar-refractivity contribution in [3.8, 4) is 0 Å². The lowest BCUT2D eigenvalue weighted by Gasteiger charge is -2.27. The molecule has 0 saturated carbocycles. The van der Waals surface area contributed by atoms with Crippen molar-refractivity contribution >= 4 is 11.6 Å². The summed E-state index contributed by atoms with van der Waals surface area (Å²) in [5.41, 5.74) is 2.71. The van der Waals surface area contributed by atoms with Crippen LogP contribution in [0.3, 0.4) is 0 Å². The van der Waals surface area contributed by atoms with Crippen molar-refractivity contribution in [2.24, 2.45) is 0 Å². The Hall–Kier alpha value is -2.17. The Morgan fingerprint density at radius 2 is 1.82 bits per heavy atom. The van der Waals surface area contributed by atoms with E-state index >= 15 is 0 Å². The second-order valence-electron chi connectivity index (χ2n) is 5.55. The predicted molar refractivity (Wildman–Crippen MR) is 89.0 cm³/mol. The van der Waals surface area contributed by atoms with Crippen LogP contribution in [0.1, 0.15) is 15.9 Å². The van der Waals surface area contributed by atoms with E-state index in [-0.39, 0.29) is 5.91 Å². The highest BCUT2D eigenvalue weighted by atomic mass is 16.1. The molecule has 2 N–H and O–H groups in total. The van der Waals surface area contributed by atoms with E-state index < -0.39 is 0 Å². The van der Waals surface area contributed by atoms with Crippen LogP contribution >= 0.6 is 0 Å². The average molecular weight is 295 g/mol. The van der Waals surface area contributed by atoms with Gasteiger partial charge in [-0.2, -0.15) is 0 Å². The normalized spacial score (nSPS) is 15.5. The lowest BCUT2D eigenvalue weighted by atomic mass is 10.1. The molecule has 1 aliphatic rings. The highest BCUT2D eigenvalue weighted by Gasteiger charge is 2.11. The smallest absolute Gasteiger partial charge is 0.255 e. The standard InChI is InChI=1S/C18H21N3O/c22-18(20-17-7-2-1-3-8-17)16-6-4-5-15(13-16)14-21-11-9-19-10-12-21/h1-8,13,19H,9-12,14H2,(H,20,22). The second-order valence-corrected chi connectivity index (χ2v) is 5.55. The molecule has 1 aliphatic heterocycles. The first-order valence-corrected chi connectivity index (χ1v) is 7.70. The zero-order valence-corrected chi connectivity index (χ0v) is 12.6. The summed E-state index contributed by atoms with van der Waals surface area (Å²) in [5.74, 6) is -0.0617. The van der Waals surface area contributed by atoms with Crippen LogP contribution in [0.25, 0.3) is 0 Å². The monoisotopic (exact) mass is 295 g/mol. The molecule has 1 saturated heterocycles. The van der Waals surface area contributed by atoms with Crippen LogP contribution in [0.5, 0.6) is 0 Å². The Labute approximate surface area is 131 Å². The van der Waals surface area contributed by atoms with Crippen LogP contribution in [0.15, 0.2) is 54.6 Å². The van der Waals surface area contributed by atoms with Crippen molar-refractivity contribution < 1.29 is 4.79 Å². The summed E-state index contributed by atoms with van der Waals surface area (Å²) in [6, 6.07) is 17.4. The Bertz CT molecular complexity index is 621. The average Bonchev–Trinajstić information content (AvgIpc) is 2.57. The summed E-state index contributed by atoms with van der Waals surface area (Å²) in [5, 5.41) is 6.28. The molecule has 3 rings (SSSR count). The van der Waals surface area contributed by atoms with Crippen molar-refractivity contribution in [1.29, 1.82) is 0 Å². The number of amides is 1. The van der Waals surface area contributed by atoms with Crippen LogP contribution in [0.4, 0.5) is 5.69 Å². The fourth-order valence-electron chi connectivity index (χ4n) is 2.66. The zero-order valence-electron chi connectivity index (χ0n) is 12.6. The summed E-state index contributed by atoms with van der Waals surface area (Å²) in [7, 11) is 0. The molecular weight excluding hydrogens is 274 g/mol. The first-order valence-electron chi connectivity index (χ1n) is 7.70. The van der Waals surface area contributed by atoms with E-state index in [2.05, 4.69) is 21.6 Å². The van der Waals surface area contributed by atoms with Gasteiger partial charge in [-0.05, 0) is 29.8 Å². The molecule has 0 spiro atoms. The van der Waals surface area contributed by atoms with E-state index in [9.17, 15) is 4.79 Å². The Morgan fingerprint density at radius 3 is 2.59 bits per heavy atom. The van der Waals surface area contributed by atoms with E-state index in [1.807, 2.05) is 48.5 Å². The van der Waals surface area contributed by atoms with E-state index in [0.29, 0.717) is 5.56 Å². The van der Waals surface area contributed by atoms with Crippen molar-refractivity contribution in [2.45, 2.75) is 6.54 Å². The number of hydrogen-bond acceptors (Lipinski definition) is 3. The molecule has 4 nitrogen and oxygen atoms in total. The van der Waals surface area contributed by atoms with Gasteiger partial charge < -0.3 is 10.6 Å². The van der Waals surface area contributed by atoms with Crippen molar-refractivity contribution in [2.75, 3.05) is 31.5 Å². The van der Waals surface area contributed by atoms with E-state index in [4.69, 9.17) is 0 Å². The molecule has 0 aliphatic carbocycles. The van der Waals surface area contributed by atoms with Gasteiger partial charge in [0.1, 0.15) is 0 Å². The van der Waals surface area contributed by atoms with Gasteiger partial charge >= 0.3 is 0 Å². The number of piperazine rings is 1. The minimum absolute atomic E-state index is 0.0617. The molecule has 4 heteroatoms. The van der Waals surface area contributed by atoms with Crippen molar-refractivity contribution in [1.82, 2.24) is 10.2 Å². The van der Waals surface area contributed by atoms with Crippen molar-refractivity contribution in [3.63, 3.8) is 0 Å². The number of para-hydroxylation sites is 1. The molecule has 2 aromatic rings. The fourth-order valence-corrected chi connectivity index (χ4v) is 2.66. The summed E-state index contributed by atoms with van der Waals surface area (Å²) >= 11 is 0. The minimum atomic E-state index is -0.0617. The van der Waals surface area contributed by atoms with Crippen molar-refractivity contribution in [3.05, 3.63) is 65.7 Å². The first-order chi connectivity index (χ1) is 10.8. The Morgan fingerprint density at radius 1 is 1.05 bits per heavy atom. The van der Waals surface area contributed by atoms with Gasteiger partial charge in [0.15, 0.2) is 0 Å². The molecule has 1 heterocycles. The summed E-state index contributed by atoms with van der Waals surface area (Å²) in [6.45, 7) is 5.08. The number of rotatable bonds is 4. The molecular formula is C18H21N3O. The summed E-state index contributed by atoms with van der Waals surface area (Å²) in [4.78, 5) is 14.7. The maximum Gasteiger partial charge on any atom is 0.255 e. The van der Waals surface area contributed by atoms with Crippen LogP contribution < -0.4 is 10.6 Å². The maximum atomic E-state index is 12.3. The molecule has 22 heavy (non-hydrogen) atoms. The third-order valence-electron chi connectivity index (χ3n) is 3.84. The summed E-state index contributed by atoms with van der Waals surface area (Å²) < 4.78 is 0. The number of nitrogens with zero attached hydrogens (tertiary/aromatic N) is 1. The van der Waals surface area contributed by atoms with Crippen LogP contribution in [0, 0.1) is 0 Å². The minimum Gasteiger partial charge on any atom is -0.322 e. The molecule has 1 fully saturated rings. The number of anilines is 1. The lowest BCUT2D eigenvalue weighted by molar-refractivity contribution is 0.102. The first kappa shape index (κ1) is 14.8. The quantitative estimate of drug-likeness (QED) is 0.910. The van der Waals surface area contributed by atoms with Crippen LogP contribution in [-0.4, -0.2) is 37.0 Å². The molecule has 0 aromatic heterocycles. The zero-order chi connectivity index (χ0) is 15.2. The van der Waals surface area contributed by atoms with Gasteiger partial charge in [0.25, 0.3) is 5.91 Å². The lowest BCUT2D eigenvalue weighted by Crippen LogP contribution is -2.42. The highest BCUT2D eigenvalue weighted by molar-refractivity contribution is 6.04. The van der Waals surface area contributed by atoms with Gasteiger partial charge in [-0.1, -0.05) is 30.3 Å². The molecule has 0 radical (unpaired) electrons. The highest BCUT2D eigenvalue weighted by Crippen LogP contribution is 2.12. The maximum absolute atomic E-state index is 12.3. The molecule has 0 bridgehead atoms. The third kappa shape index (κ3) is 3.93. The van der Waals surface area contributed by atoms with Gasteiger partial charge in [-0.25, -0.2) is 0 Å². The van der Waals surface area contributed by atoms with Crippen LogP contribution in [-0.2, 0) is 6.54 Å². The summed E-state index contributed by atoms with van der Waals surface area (Å²) in [6.07, 6.45) is 0. The van der Waals surface area contributed by atoms with Gasteiger partial charge in [-0.3, -0.25) is 9.69 Å². The molecule has 0 unspecified atom stereocenters. The molecule has 114 valence electrons. The largest absolute Gasteiger partial charge is 0.322 e. The van der Waals surface area contributed by atoms with Gasteiger partial charge in [0.05, 0.1) is 0 Å². The van der Waals surface area contributed by atoms with Crippen LogP contribution in [0.2, 0.25) is 0 Å². The Kier molecular flexibility index (Phi) is 4.83. The van der Waals surface area contributed by atoms with E-state index in [1.165, 1.54) is 5.56 Å². The topological polar surface area (TPSA) is 44.4 Å². The Balaban J connectivity index is 1.66. The molecule has 1 amide bonds. The number of nitrogens with one attached hydrogen (secondary N) is 2. The van der Waals surface area contributed by atoms with Gasteiger partial charge in [-0.15, -0.1) is 0 Å². The fraction of sp³-hybridized carbons (Fsp3) is 0.278. The van der Waals surface area contributed by atoms with E-state index in [0.717, 1.165) is 38.4 Å². The SMILES string of the molecule is O=C(Nc1ccccc1)c1cccc(CN2CCNCC2)c1.